The Morgan fingerprint density at radius 2 is 1.74 bits per heavy atom. The number of rotatable bonds is 5. The van der Waals surface area contributed by atoms with Crippen LogP contribution in [0.4, 0.5) is 18.7 Å². The molecule has 1 atom stereocenters. The van der Waals surface area contributed by atoms with Gasteiger partial charge in [0.1, 0.15) is 17.5 Å². The van der Waals surface area contributed by atoms with Gasteiger partial charge in [-0.25, -0.2) is 23.4 Å². The number of carboxylic acids is 1. The van der Waals surface area contributed by atoms with E-state index in [4.69, 9.17) is 4.74 Å². The SMILES string of the molecule is O=C(Nc1ncc(C(=O)N2CC(F)(F)C[C@@H]2C(=O)O)s1)OCC1c2ccccc2-c2ccccc21. The van der Waals surface area contributed by atoms with E-state index in [2.05, 4.69) is 10.3 Å². The predicted molar refractivity (Wildman–Crippen MR) is 123 cm³/mol. The molecule has 35 heavy (non-hydrogen) atoms. The van der Waals surface area contributed by atoms with Gasteiger partial charge in [-0.3, -0.25) is 10.1 Å². The van der Waals surface area contributed by atoms with Gasteiger partial charge in [-0.05, 0) is 22.3 Å². The average molecular weight is 499 g/mol. The fourth-order valence-corrected chi connectivity index (χ4v) is 5.30. The second-order valence-corrected chi connectivity index (χ2v) is 9.36. The molecule has 2 amide bonds. The molecule has 5 rings (SSSR count). The van der Waals surface area contributed by atoms with E-state index in [-0.39, 0.29) is 22.5 Å². The first-order valence-corrected chi connectivity index (χ1v) is 11.5. The topological polar surface area (TPSA) is 109 Å². The van der Waals surface area contributed by atoms with Crippen molar-refractivity contribution in [1.29, 1.82) is 0 Å². The number of carbonyl (C=O) groups excluding carboxylic acids is 2. The lowest BCUT2D eigenvalue weighted by Crippen LogP contribution is -2.40. The van der Waals surface area contributed by atoms with Crippen molar-refractivity contribution in [2.45, 2.75) is 24.3 Å². The maximum absolute atomic E-state index is 13.7. The molecule has 1 aliphatic heterocycles. The zero-order valence-electron chi connectivity index (χ0n) is 18.1. The zero-order valence-corrected chi connectivity index (χ0v) is 18.9. The molecule has 3 aromatic rings. The Morgan fingerprint density at radius 3 is 2.37 bits per heavy atom. The molecule has 11 heteroatoms. The Balaban J connectivity index is 1.23. The van der Waals surface area contributed by atoms with Gasteiger partial charge in [0.25, 0.3) is 11.8 Å². The highest BCUT2D eigenvalue weighted by Crippen LogP contribution is 2.44. The Morgan fingerprint density at radius 1 is 1.11 bits per heavy atom. The number of alkyl halides is 2. The minimum absolute atomic E-state index is 0.0309. The summed E-state index contributed by atoms with van der Waals surface area (Å²) >= 11 is 0.753. The van der Waals surface area contributed by atoms with E-state index in [1.165, 1.54) is 0 Å². The fraction of sp³-hybridized carbons (Fsp3) is 0.250. The molecule has 1 aromatic heterocycles. The van der Waals surface area contributed by atoms with E-state index in [0.717, 1.165) is 39.8 Å². The maximum atomic E-state index is 13.7. The van der Waals surface area contributed by atoms with Gasteiger partial charge in [0, 0.05) is 12.3 Å². The zero-order chi connectivity index (χ0) is 24.7. The van der Waals surface area contributed by atoms with Crippen LogP contribution in [0.5, 0.6) is 0 Å². The molecule has 0 unspecified atom stereocenters. The summed E-state index contributed by atoms with van der Waals surface area (Å²) in [5.74, 6) is -5.80. The van der Waals surface area contributed by atoms with Gasteiger partial charge in [0.05, 0.1) is 12.7 Å². The largest absolute Gasteiger partial charge is 0.480 e. The van der Waals surface area contributed by atoms with Crippen molar-refractivity contribution >= 4 is 34.4 Å². The monoisotopic (exact) mass is 499 g/mol. The second-order valence-electron chi connectivity index (χ2n) is 8.33. The molecular formula is C24H19F2N3O5S. The van der Waals surface area contributed by atoms with Crippen molar-refractivity contribution in [3.8, 4) is 11.1 Å². The summed E-state index contributed by atoms with van der Waals surface area (Å²) in [4.78, 5) is 40.8. The van der Waals surface area contributed by atoms with E-state index in [9.17, 15) is 28.3 Å². The minimum atomic E-state index is -3.29. The van der Waals surface area contributed by atoms with Crippen molar-refractivity contribution in [3.05, 3.63) is 70.7 Å². The summed E-state index contributed by atoms with van der Waals surface area (Å²) in [7, 11) is 0. The van der Waals surface area contributed by atoms with Crippen LogP contribution in [-0.2, 0) is 9.53 Å². The van der Waals surface area contributed by atoms with Gasteiger partial charge in [-0.15, -0.1) is 0 Å². The standard InChI is InChI=1S/C24H19F2N3O5S/c25-24(26)9-18(21(31)32)29(12-24)20(30)19-10-27-22(35-19)28-23(33)34-11-17-15-7-3-1-5-13(15)14-6-2-4-8-16(14)17/h1-8,10,17-18H,9,11-12H2,(H,31,32)(H,27,28,33)/t18-/m1/s1. The molecule has 0 radical (unpaired) electrons. The summed E-state index contributed by atoms with van der Waals surface area (Å²) in [6.07, 6.45) is -0.615. The molecule has 1 fully saturated rings. The third-order valence-electron chi connectivity index (χ3n) is 6.08. The van der Waals surface area contributed by atoms with Crippen LogP contribution in [0, 0.1) is 0 Å². The maximum Gasteiger partial charge on any atom is 0.413 e. The van der Waals surface area contributed by atoms with Crippen LogP contribution < -0.4 is 5.32 Å². The number of ether oxygens (including phenoxy) is 1. The summed E-state index contributed by atoms with van der Waals surface area (Å²) in [5.41, 5.74) is 4.29. The van der Waals surface area contributed by atoms with Crippen LogP contribution >= 0.6 is 11.3 Å². The lowest BCUT2D eigenvalue weighted by Gasteiger charge is -2.19. The fourth-order valence-electron chi connectivity index (χ4n) is 4.55. The molecule has 2 aliphatic rings. The Kier molecular flexibility index (Phi) is 5.72. The van der Waals surface area contributed by atoms with Crippen molar-refractivity contribution in [1.82, 2.24) is 9.88 Å². The highest BCUT2D eigenvalue weighted by atomic mass is 32.1. The summed E-state index contributed by atoms with van der Waals surface area (Å²) in [6.45, 7) is -0.907. The Hall–Kier alpha value is -3.86. The molecule has 0 spiro atoms. The number of fused-ring (bicyclic) bond motifs is 3. The number of benzene rings is 2. The lowest BCUT2D eigenvalue weighted by molar-refractivity contribution is -0.141. The Labute approximate surface area is 202 Å². The predicted octanol–water partition coefficient (Wildman–Crippen LogP) is 4.44. The molecule has 8 nitrogen and oxygen atoms in total. The molecule has 2 aromatic carbocycles. The second kappa shape index (κ2) is 8.73. The van der Waals surface area contributed by atoms with Crippen molar-refractivity contribution in [2.75, 3.05) is 18.5 Å². The number of nitrogens with zero attached hydrogens (tertiary/aromatic N) is 2. The van der Waals surface area contributed by atoms with E-state index >= 15 is 0 Å². The molecule has 1 saturated heterocycles. The highest BCUT2D eigenvalue weighted by Gasteiger charge is 2.50. The molecule has 1 aliphatic carbocycles. The van der Waals surface area contributed by atoms with Crippen LogP contribution in [0.1, 0.15) is 33.1 Å². The number of hydrogen-bond donors (Lipinski definition) is 2. The van der Waals surface area contributed by atoms with Crippen molar-refractivity contribution in [3.63, 3.8) is 0 Å². The van der Waals surface area contributed by atoms with Gasteiger partial charge in [-0.2, -0.15) is 0 Å². The van der Waals surface area contributed by atoms with E-state index in [0.29, 0.717) is 4.90 Å². The number of anilines is 1. The number of halogens is 2. The molecular weight excluding hydrogens is 480 g/mol. The number of carboxylic acid groups (broad SMARTS) is 1. The number of aliphatic carboxylic acids is 1. The first kappa shape index (κ1) is 22.9. The number of nitrogens with one attached hydrogen (secondary N) is 1. The van der Waals surface area contributed by atoms with Crippen LogP contribution in [-0.4, -0.2) is 58.1 Å². The van der Waals surface area contributed by atoms with Gasteiger partial charge in [0.15, 0.2) is 5.13 Å². The minimum Gasteiger partial charge on any atom is -0.480 e. The molecule has 2 heterocycles. The van der Waals surface area contributed by atoms with Crippen LogP contribution in [0.15, 0.2) is 54.7 Å². The van der Waals surface area contributed by atoms with E-state index < -0.39 is 42.9 Å². The molecule has 0 bridgehead atoms. The highest BCUT2D eigenvalue weighted by molar-refractivity contribution is 7.17. The number of thiazole rings is 1. The van der Waals surface area contributed by atoms with Gasteiger partial charge < -0.3 is 14.7 Å². The van der Waals surface area contributed by atoms with Crippen molar-refractivity contribution in [2.24, 2.45) is 0 Å². The number of amides is 2. The third kappa shape index (κ3) is 4.34. The lowest BCUT2D eigenvalue weighted by atomic mass is 9.98. The third-order valence-corrected chi connectivity index (χ3v) is 6.99. The summed E-state index contributed by atoms with van der Waals surface area (Å²) in [5, 5.41) is 11.7. The van der Waals surface area contributed by atoms with Crippen LogP contribution in [0.3, 0.4) is 0 Å². The first-order chi connectivity index (χ1) is 16.7. The van der Waals surface area contributed by atoms with E-state index in [1.807, 2.05) is 48.5 Å². The van der Waals surface area contributed by atoms with Gasteiger partial charge in [0.2, 0.25) is 0 Å². The number of aromatic nitrogens is 1. The smallest absolute Gasteiger partial charge is 0.413 e. The number of hydrogen-bond acceptors (Lipinski definition) is 6. The molecule has 2 N–H and O–H groups in total. The van der Waals surface area contributed by atoms with Crippen molar-refractivity contribution < 1.29 is 33.0 Å². The van der Waals surface area contributed by atoms with Crippen LogP contribution in [0.2, 0.25) is 0 Å². The van der Waals surface area contributed by atoms with E-state index in [1.54, 1.807) is 0 Å². The first-order valence-electron chi connectivity index (χ1n) is 10.7. The molecule has 0 saturated carbocycles. The summed E-state index contributed by atoms with van der Waals surface area (Å²) < 4.78 is 32.9. The average Bonchev–Trinajstić information content (AvgIpc) is 3.51. The summed E-state index contributed by atoms with van der Waals surface area (Å²) in [6, 6.07) is 14.2. The number of likely N-dealkylation sites (tertiary alicyclic amines) is 1. The van der Waals surface area contributed by atoms with Crippen LogP contribution in [0.25, 0.3) is 11.1 Å². The Bertz CT molecular complexity index is 1280. The van der Waals surface area contributed by atoms with Gasteiger partial charge >= 0.3 is 12.1 Å². The molecule has 180 valence electrons. The quantitative estimate of drug-likeness (QED) is 0.537. The van der Waals surface area contributed by atoms with Gasteiger partial charge in [-0.1, -0.05) is 59.9 Å². The number of carbonyl (C=O) groups is 3. The normalized spacial score (nSPS) is 18.1.